The van der Waals surface area contributed by atoms with Gasteiger partial charge in [-0.05, 0) is 54.6 Å². The number of hydrogen-bond donors (Lipinski definition) is 2. The molecule has 0 atom stereocenters. The Morgan fingerprint density at radius 2 is 1.81 bits per heavy atom. The van der Waals surface area contributed by atoms with Gasteiger partial charge in [0.25, 0.3) is 11.5 Å². The zero-order valence-corrected chi connectivity index (χ0v) is 19.7. The molecule has 5 rings (SSSR count). The van der Waals surface area contributed by atoms with Gasteiger partial charge < -0.3 is 15.0 Å². The van der Waals surface area contributed by atoms with Gasteiger partial charge in [-0.2, -0.15) is 14.9 Å². The summed E-state index contributed by atoms with van der Waals surface area (Å²) in [5, 5.41) is 14.2. The maximum atomic E-state index is 15.0. The van der Waals surface area contributed by atoms with Crippen molar-refractivity contribution >= 4 is 28.2 Å². The Balaban J connectivity index is 1.38. The van der Waals surface area contributed by atoms with Gasteiger partial charge in [0.2, 0.25) is 0 Å². The molecule has 0 aliphatic heterocycles. The van der Waals surface area contributed by atoms with Crippen molar-refractivity contribution in [2.45, 2.75) is 0 Å². The molecule has 0 spiro atoms. The standard InChI is InChI=1S/C26H20F2N6O3/c1-33(2)22-13-21-15(14-29-32-21)11-24(22)37-23-8-5-17(12-20(23)28)31-25(35)19-9-10-30-34(26(19)36)18-6-3-16(27)4-7-18/h3-14H,1-2H3,(H,29,32)(H,31,35). The number of nitrogens with one attached hydrogen (secondary N) is 2. The number of amides is 1. The van der Waals surface area contributed by atoms with E-state index in [1.54, 1.807) is 12.3 Å². The highest BCUT2D eigenvalue weighted by molar-refractivity contribution is 6.04. The van der Waals surface area contributed by atoms with Gasteiger partial charge in [-0.1, -0.05) is 0 Å². The summed E-state index contributed by atoms with van der Waals surface area (Å²) >= 11 is 0. The molecule has 0 aliphatic carbocycles. The molecule has 9 nitrogen and oxygen atoms in total. The largest absolute Gasteiger partial charge is 0.452 e. The highest BCUT2D eigenvalue weighted by Gasteiger charge is 2.17. The minimum Gasteiger partial charge on any atom is -0.452 e. The number of benzene rings is 3. The van der Waals surface area contributed by atoms with E-state index >= 15 is 0 Å². The van der Waals surface area contributed by atoms with E-state index in [0.29, 0.717) is 17.1 Å². The van der Waals surface area contributed by atoms with Crippen molar-refractivity contribution < 1.29 is 18.3 Å². The molecule has 0 unspecified atom stereocenters. The summed E-state index contributed by atoms with van der Waals surface area (Å²) in [6, 6.07) is 13.9. The van der Waals surface area contributed by atoms with Gasteiger partial charge in [0.05, 0.1) is 23.1 Å². The Hall–Kier alpha value is -5.06. The molecule has 2 heterocycles. The lowest BCUT2D eigenvalue weighted by molar-refractivity contribution is 0.102. The average Bonchev–Trinajstić information content (AvgIpc) is 3.33. The molecular weight excluding hydrogens is 482 g/mol. The fourth-order valence-corrected chi connectivity index (χ4v) is 3.72. The van der Waals surface area contributed by atoms with Crippen LogP contribution in [-0.2, 0) is 0 Å². The van der Waals surface area contributed by atoms with Crippen molar-refractivity contribution in [2.75, 3.05) is 24.3 Å². The number of aromatic nitrogens is 4. The Kier molecular flexibility index (Phi) is 6.10. The van der Waals surface area contributed by atoms with Gasteiger partial charge >= 0.3 is 0 Å². The highest BCUT2D eigenvalue weighted by Crippen LogP contribution is 2.36. The fourth-order valence-electron chi connectivity index (χ4n) is 3.72. The van der Waals surface area contributed by atoms with E-state index in [-0.39, 0.29) is 17.0 Å². The molecular formula is C26H20F2N6O3. The van der Waals surface area contributed by atoms with Crippen molar-refractivity contribution in [1.29, 1.82) is 0 Å². The first-order chi connectivity index (χ1) is 17.8. The SMILES string of the molecule is CN(C)c1cc2[nH]ncc2cc1Oc1ccc(NC(=O)c2ccnn(-c3ccc(F)cc3)c2=O)cc1F. The summed E-state index contributed by atoms with van der Waals surface area (Å²) in [5.74, 6) is -1.57. The third-order valence-electron chi connectivity index (χ3n) is 5.57. The van der Waals surface area contributed by atoms with Gasteiger partial charge in [0, 0.05) is 37.4 Å². The van der Waals surface area contributed by atoms with Crippen molar-refractivity contribution in [2.24, 2.45) is 0 Å². The molecule has 11 heteroatoms. The van der Waals surface area contributed by atoms with Crippen LogP contribution in [0.5, 0.6) is 11.5 Å². The van der Waals surface area contributed by atoms with E-state index in [4.69, 9.17) is 4.74 Å². The first-order valence-electron chi connectivity index (χ1n) is 11.1. The number of anilines is 2. The molecule has 0 fully saturated rings. The van der Waals surface area contributed by atoms with Gasteiger partial charge in [-0.3, -0.25) is 14.7 Å². The molecule has 5 aromatic rings. The maximum absolute atomic E-state index is 15.0. The lowest BCUT2D eigenvalue weighted by Crippen LogP contribution is -2.29. The van der Waals surface area contributed by atoms with Crippen molar-refractivity contribution in [3.05, 3.63) is 101 Å². The third kappa shape index (κ3) is 4.74. The molecule has 2 aromatic heterocycles. The van der Waals surface area contributed by atoms with Crippen LogP contribution >= 0.6 is 0 Å². The van der Waals surface area contributed by atoms with Crippen molar-refractivity contribution in [1.82, 2.24) is 20.0 Å². The maximum Gasteiger partial charge on any atom is 0.284 e. The summed E-state index contributed by atoms with van der Waals surface area (Å²) in [4.78, 5) is 27.4. The second-order valence-corrected chi connectivity index (χ2v) is 8.31. The Morgan fingerprint density at radius 1 is 1.03 bits per heavy atom. The van der Waals surface area contributed by atoms with Crippen LogP contribution in [0.1, 0.15) is 10.4 Å². The number of hydrogen-bond acceptors (Lipinski definition) is 6. The smallest absolute Gasteiger partial charge is 0.284 e. The van der Waals surface area contributed by atoms with E-state index in [2.05, 4.69) is 20.6 Å². The number of rotatable bonds is 6. The Morgan fingerprint density at radius 3 is 2.54 bits per heavy atom. The van der Waals surface area contributed by atoms with E-state index in [9.17, 15) is 18.4 Å². The second kappa shape index (κ2) is 9.53. The summed E-state index contributed by atoms with van der Waals surface area (Å²) in [7, 11) is 3.67. The van der Waals surface area contributed by atoms with Crippen molar-refractivity contribution in [3.8, 4) is 17.2 Å². The molecule has 0 bridgehead atoms. The molecule has 0 aliphatic rings. The van der Waals surface area contributed by atoms with E-state index in [0.717, 1.165) is 21.7 Å². The molecule has 0 radical (unpaired) electrons. The predicted molar refractivity (Wildman–Crippen MR) is 135 cm³/mol. The number of carbonyl (C=O) groups is 1. The zero-order chi connectivity index (χ0) is 26.1. The summed E-state index contributed by atoms with van der Waals surface area (Å²) in [6.45, 7) is 0. The lowest BCUT2D eigenvalue weighted by Gasteiger charge is -2.18. The van der Waals surface area contributed by atoms with Crippen LogP contribution in [0.25, 0.3) is 16.6 Å². The first kappa shape index (κ1) is 23.7. The number of fused-ring (bicyclic) bond motifs is 1. The second-order valence-electron chi connectivity index (χ2n) is 8.31. The Labute approximate surface area is 208 Å². The van der Waals surface area contributed by atoms with Crippen LogP contribution in [0, 0.1) is 11.6 Å². The number of aromatic amines is 1. The van der Waals surface area contributed by atoms with Crippen LogP contribution < -0.4 is 20.5 Å². The van der Waals surface area contributed by atoms with Crippen LogP contribution in [-0.4, -0.2) is 40.0 Å². The van der Waals surface area contributed by atoms with Crippen LogP contribution in [0.4, 0.5) is 20.2 Å². The van der Waals surface area contributed by atoms with Gasteiger partial charge in [0.1, 0.15) is 11.4 Å². The minimum atomic E-state index is -0.753. The van der Waals surface area contributed by atoms with E-state index in [1.807, 2.05) is 25.1 Å². The molecule has 0 saturated carbocycles. The first-order valence-corrected chi connectivity index (χ1v) is 11.1. The van der Waals surface area contributed by atoms with Gasteiger partial charge in [0.15, 0.2) is 17.3 Å². The number of halogens is 2. The highest BCUT2D eigenvalue weighted by atomic mass is 19.1. The predicted octanol–water partition coefficient (Wildman–Crippen LogP) is 4.50. The fraction of sp³-hybridized carbons (Fsp3) is 0.0769. The quantitative estimate of drug-likeness (QED) is 0.354. The summed E-state index contributed by atoms with van der Waals surface area (Å²) < 4.78 is 35.0. The normalized spacial score (nSPS) is 10.9. The van der Waals surface area contributed by atoms with Gasteiger partial charge in [-0.15, -0.1) is 0 Å². The molecule has 186 valence electrons. The third-order valence-corrected chi connectivity index (χ3v) is 5.57. The number of carbonyl (C=O) groups excluding carboxylic acids is 1. The molecule has 1 amide bonds. The zero-order valence-electron chi connectivity index (χ0n) is 19.7. The Bertz CT molecular complexity index is 1680. The average molecular weight is 502 g/mol. The van der Waals surface area contributed by atoms with E-state index < -0.39 is 23.1 Å². The molecule has 37 heavy (non-hydrogen) atoms. The number of ether oxygens (including phenoxy) is 1. The number of nitrogens with zero attached hydrogens (tertiary/aromatic N) is 4. The molecule has 2 N–H and O–H groups in total. The number of H-pyrrole nitrogens is 1. The van der Waals surface area contributed by atoms with E-state index in [1.165, 1.54) is 48.7 Å². The van der Waals surface area contributed by atoms with Crippen molar-refractivity contribution in [3.63, 3.8) is 0 Å². The summed E-state index contributed by atoms with van der Waals surface area (Å²) in [6.07, 6.45) is 2.91. The molecule has 3 aromatic carbocycles. The lowest BCUT2D eigenvalue weighted by atomic mass is 10.2. The van der Waals surface area contributed by atoms with Crippen LogP contribution in [0.15, 0.2) is 77.9 Å². The topological polar surface area (TPSA) is 105 Å². The monoisotopic (exact) mass is 502 g/mol. The van der Waals surface area contributed by atoms with Crippen LogP contribution in [0.3, 0.4) is 0 Å². The van der Waals surface area contributed by atoms with Crippen LogP contribution in [0.2, 0.25) is 0 Å². The van der Waals surface area contributed by atoms with Gasteiger partial charge in [-0.25, -0.2) is 8.78 Å². The molecule has 0 saturated heterocycles. The summed E-state index contributed by atoms with van der Waals surface area (Å²) in [5.41, 5.74) is 1.01. The minimum absolute atomic E-state index is 0.0495.